The van der Waals surface area contributed by atoms with Gasteiger partial charge in [0.2, 0.25) is 5.91 Å². The predicted molar refractivity (Wildman–Crippen MR) is 101 cm³/mol. The third kappa shape index (κ3) is 3.32. The lowest BCUT2D eigenvalue weighted by molar-refractivity contribution is -0.146. The van der Waals surface area contributed by atoms with Crippen LogP contribution in [0.1, 0.15) is 32.0 Å². The molecule has 7 heteroatoms. The molecule has 2 saturated heterocycles. The maximum absolute atomic E-state index is 12.0. The minimum atomic E-state index is -0.725. The standard InChI is InChI=1S/C20H26N4O3/c1-2-18(25)24-9-7-20(8-10-24)13-23(11-14(20)19(26)27)12-17-21-15-5-3-4-6-16(15)22-17/h3-6,14H,2,7-13H2,1H3,(H,21,22)(H,26,27). The van der Waals surface area contributed by atoms with Crippen molar-refractivity contribution in [1.82, 2.24) is 19.8 Å². The number of rotatable bonds is 4. The number of carboxylic acids is 1. The van der Waals surface area contributed by atoms with Crippen LogP contribution in [0.2, 0.25) is 0 Å². The van der Waals surface area contributed by atoms with Gasteiger partial charge in [0.15, 0.2) is 0 Å². The Balaban J connectivity index is 1.49. The summed E-state index contributed by atoms with van der Waals surface area (Å²) >= 11 is 0. The average Bonchev–Trinajstić information content (AvgIpc) is 3.23. The molecular weight excluding hydrogens is 344 g/mol. The number of hydrogen-bond donors (Lipinski definition) is 2. The number of likely N-dealkylation sites (tertiary alicyclic amines) is 2. The lowest BCUT2D eigenvalue weighted by atomic mass is 9.71. The van der Waals surface area contributed by atoms with Gasteiger partial charge in [-0.05, 0) is 25.0 Å². The van der Waals surface area contributed by atoms with E-state index in [-0.39, 0.29) is 17.2 Å². The van der Waals surface area contributed by atoms with Crippen molar-refractivity contribution in [2.24, 2.45) is 11.3 Å². The van der Waals surface area contributed by atoms with Crippen molar-refractivity contribution in [2.75, 3.05) is 26.2 Å². The number of hydrogen-bond acceptors (Lipinski definition) is 4. The third-order valence-electron chi connectivity index (χ3n) is 6.24. The quantitative estimate of drug-likeness (QED) is 0.860. The van der Waals surface area contributed by atoms with E-state index in [2.05, 4.69) is 14.9 Å². The number of benzene rings is 1. The molecule has 2 N–H and O–H groups in total. The molecule has 1 spiro atoms. The molecule has 1 aromatic carbocycles. The molecule has 1 amide bonds. The highest BCUT2D eigenvalue weighted by atomic mass is 16.4. The zero-order chi connectivity index (χ0) is 19.0. The summed E-state index contributed by atoms with van der Waals surface area (Å²) in [7, 11) is 0. The Morgan fingerprint density at radius 1 is 1.30 bits per heavy atom. The Morgan fingerprint density at radius 2 is 2.04 bits per heavy atom. The normalized spacial score (nSPS) is 22.6. The molecule has 3 heterocycles. The summed E-state index contributed by atoms with van der Waals surface area (Å²) in [4.78, 5) is 36.0. The fourth-order valence-electron chi connectivity index (χ4n) is 4.76. The van der Waals surface area contributed by atoms with Crippen molar-refractivity contribution in [1.29, 1.82) is 0 Å². The molecule has 1 atom stereocenters. The number of para-hydroxylation sites is 2. The summed E-state index contributed by atoms with van der Waals surface area (Å²) < 4.78 is 0. The van der Waals surface area contributed by atoms with E-state index in [1.54, 1.807) is 0 Å². The van der Waals surface area contributed by atoms with Crippen LogP contribution in [0, 0.1) is 11.3 Å². The molecule has 144 valence electrons. The number of amides is 1. The van der Waals surface area contributed by atoms with E-state index in [1.807, 2.05) is 36.1 Å². The lowest BCUT2D eigenvalue weighted by Gasteiger charge is -2.41. The minimum Gasteiger partial charge on any atom is -0.481 e. The van der Waals surface area contributed by atoms with Crippen molar-refractivity contribution in [2.45, 2.75) is 32.7 Å². The smallest absolute Gasteiger partial charge is 0.308 e. The maximum Gasteiger partial charge on any atom is 0.308 e. The van der Waals surface area contributed by atoms with E-state index in [4.69, 9.17) is 0 Å². The summed E-state index contributed by atoms with van der Waals surface area (Å²) in [6, 6.07) is 7.91. The lowest BCUT2D eigenvalue weighted by Crippen LogP contribution is -2.47. The van der Waals surface area contributed by atoms with Gasteiger partial charge in [0, 0.05) is 38.0 Å². The highest BCUT2D eigenvalue weighted by Gasteiger charge is 2.51. The molecule has 1 unspecified atom stereocenters. The molecule has 0 bridgehead atoms. The van der Waals surface area contributed by atoms with Gasteiger partial charge in [-0.15, -0.1) is 0 Å². The van der Waals surface area contributed by atoms with Gasteiger partial charge in [0.05, 0.1) is 23.5 Å². The average molecular weight is 370 g/mol. The van der Waals surface area contributed by atoms with Crippen LogP contribution in [-0.4, -0.2) is 62.9 Å². The van der Waals surface area contributed by atoms with E-state index in [9.17, 15) is 14.7 Å². The van der Waals surface area contributed by atoms with Gasteiger partial charge in [0.25, 0.3) is 0 Å². The van der Waals surface area contributed by atoms with Crippen molar-refractivity contribution < 1.29 is 14.7 Å². The molecule has 2 aliphatic rings. The minimum absolute atomic E-state index is 0.161. The van der Waals surface area contributed by atoms with E-state index in [0.717, 1.165) is 36.2 Å². The highest BCUT2D eigenvalue weighted by Crippen LogP contribution is 2.45. The number of imidazole rings is 1. The SMILES string of the molecule is CCC(=O)N1CCC2(CC1)CN(Cc1nc3ccccc3[nH]1)CC2C(=O)O. The molecule has 1 aromatic heterocycles. The van der Waals surface area contributed by atoms with Gasteiger partial charge < -0.3 is 15.0 Å². The molecule has 7 nitrogen and oxygen atoms in total. The van der Waals surface area contributed by atoms with Crippen molar-refractivity contribution in [3.8, 4) is 0 Å². The van der Waals surface area contributed by atoms with Crippen LogP contribution in [0.5, 0.6) is 0 Å². The van der Waals surface area contributed by atoms with E-state index in [0.29, 0.717) is 32.6 Å². The largest absolute Gasteiger partial charge is 0.481 e. The summed E-state index contributed by atoms with van der Waals surface area (Å²) in [5.41, 5.74) is 1.69. The van der Waals surface area contributed by atoms with Crippen LogP contribution in [0.15, 0.2) is 24.3 Å². The van der Waals surface area contributed by atoms with E-state index < -0.39 is 5.97 Å². The second-order valence-corrected chi connectivity index (χ2v) is 7.86. The van der Waals surface area contributed by atoms with Gasteiger partial charge in [0.1, 0.15) is 5.82 Å². The zero-order valence-corrected chi connectivity index (χ0v) is 15.6. The van der Waals surface area contributed by atoms with Crippen molar-refractivity contribution in [3.05, 3.63) is 30.1 Å². The van der Waals surface area contributed by atoms with Gasteiger partial charge in [-0.3, -0.25) is 14.5 Å². The first-order chi connectivity index (χ1) is 13.0. The molecular formula is C20H26N4O3. The Morgan fingerprint density at radius 3 is 2.70 bits per heavy atom. The van der Waals surface area contributed by atoms with E-state index >= 15 is 0 Å². The summed E-state index contributed by atoms with van der Waals surface area (Å²) in [6.45, 7) is 5.10. The first kappa shape index (κ1) is 18.0. The van der Waals surface area contributed by atoms with Crippen LogP contribution in [0.4, 0.5) is 0 Å². The first-order valence-electron chi connectivity index (χ1n) is 9.67. The Bertz CT molecular complexity index is 821. The number of fused-ring (bicyclic) bond motifs is 1. The summed E-state index contributed by atoms with van der Waals surface area (Å²) in [6.07, 6.45) is 2.02. The second-order valence-electron chi connectivity index (χ2n) is 7.86. The number of carbonyl (C=O) groups excluding carboxylic acids is 1. The van der Waals surface area contributed by atoms with Gasteiger partial charge >= 0.3 is 5.97 Å². The summed E-state index contributed by atoms with van der Waals surface area (Å²) in [5.74, 6) is -0.0806. The molecule has 2 aliphatic heterocycles. The Hall–Kier alpha value is -2.41. The Labute approximate surface area is 158 Å². The highest BCUT2D eigenvalue weighted by molar-refractivity contribution is 5.76. The third-order valence-corrected chi connectivity index (χ3v) is 6.24. The van der Waals surface area contributed by atoms with Gasteiger partial charge in [-0.1, -0.05) is 19.1 Å². The molecule has 2 fully saturated rings. The summed E-state index contributed by atoms with van der Waals surface area (Å²) in [5, 5.41) is 9.82. The van der Waals surface area contributed by atoms with Crippen LogP contribution in [-0.2, 0) is 16.1 Å². The fourth-order valence-corrected chi connectivity index (χ4v) is 4.76. The molecule has 0 aliphatic carbocycles. The van der Waals surface area contributed by atoms with Crippen molar-refractivity contribution in [3.63, 3.8) is 0 Å². The number of piperidine rings is 1. The maximum atomic E-state index is 12.0. The number of nitrogens with zero attached hydrogens (tertiary/aromatic N) is 3. The first-order valence-corrected chi connectivity index (χ1v) is 9.67. The molecule has 2 aromatic rings. The number of carbonyl (C=O) groups is 2. The molecule has 0 radical (unpaired) electrons. The number of aromatic amines is 1. The van der Waals surface area contributed by atoms with E-state index in [1.165, 1.54) is 0 Å². The predicted octanol–water partition coefficient (Wildman–Crippen LogP) is 2.10. The van der Waals surface area contributed by atoms with Gasteiger partial charge in [-0.25, -0.2) is 4.98 Å². The zero-order valence-electron chi connectivity index (χ0n) is 15.6. The molecule has 4 rings (SSSR count). The topological polar surface area (TPSA) is 89.5 Å². The van der Waals surface area contributed by atoms with Gasteiger partial charge in [-0.2, -0.15) is 0 Å². The van der Waals surface area contributed by atoms with Crippen LogP contribution in [0.3, 0.4) is 0 Å². The number of aliphatic carboxylic acids is 1. The van der Waals surface area contributed by atoms with Crippen LogP contribution < -0.4 is 0 Å². The number of H-pyrrole nitrogens is 1. The molecule has 0 saturated carbocycles. The van der Waals surface area contributed by atoms with Crippen LogP contribution in [0.25, 0.3) is 11.0 Å². The fraction of sp³-hybridized carbons (Fsp3) is 0.550. The monoisotopic (exact) mass is 370 g/mol. The number of carboxylic acid groups (broad SMARTS) is 1. The second kappa shape index (κ2) is 6.96. The Kier molecular flexibility index (Phi) is 4.63. The number of nitrogens with one attached hydrogen (secondary N) is 1. The van der Waals surface area contributed by atoms with Crippen molar-refractivity contribution >= 4 is 22.9 Å². The molecule has 27 heavy (non-hydrogen) atoms. The number of aromatic nitrogens is 2. The van der Waals surface area contributed by atoms with Crippen LogP contribution >= 0.6 is 0 Å².